The number of fused-ring (bicyclic) bond motifs is 1. The highest BCUT2D eigenvalue weighted by molar-refractivity contribution is 5.87. The molecule has 0 aliphatic heterocycles. The number of aryl methyl sites for hydroxylation is 2. The van der Waals surface area contributed by atoms with Gasteiger partial charge in [0.15, 0.2) is 0 Å². The van der Waals surface area contributed by atoms with E-state index in [1.54, 1.807) is 58.9 Å². The predicted octanol–water partition coefficient (Wildman–Crippen LogP) is 7.30. The largest absolute Gasteiger partial charge is 0.462 e. The molecule has 0 spiro atoms. The standard InChI is InChI=1S/C36H42O8/c1-23(2)32(37)41-18-10-8-12-26-20-28-21-30(25-14-16-29(17-15-25)43-35(40)36(5,6)7)34(39)44-31(28)22-27(26)13-9-11-19-42-33(38)24(3)4/h14-17,20-22H,1,3,8-13,18-19H2,2,4-7H3. The van der Waals surface area contributed by atoms with Crippen LogP contribution >= 0.6 is 0 Å². The molecule has 1 aromatic heterocycles. The summed E-state index contributed by atoms with van der Waals surface area (Å²) in [5, 5.41) is 0.783. The summed E-state index contributed by atoms with van der Waals surface area (Å²) in [6.07, 6.45) is 4.37. The Morgan fingerprint density at radius 1 is 0.773 bits per heavy atom. The molecule has 0 saturated heterocycles. The number of carbonyl (C=O) groups excluding carboxylic acids is 3. The summed E-state index contributed by atoms with van der Waals surface area (Å²) in [5.74, 6) is -0.747. The molecule has 44 heavy (non-hydrogen) atoms. The lowest BCUT2D eigenvalue weighted by Gasteiger charge is -2.16. The molecule has 3 rings (SSSR count). The van der Waals surface area contributed by atoms with E-state index in [0.717, 1.165) is 35.8 Å². The lowest BCUT2D eigenvalue weighted by atomic mass is 9.95. The summed E-state index contributed by atoms with van der Waals surface area (Å²) in [4.78, 5) is 48.6. The zero-order chi connectivity index (χ0) is 32.4. The molecule has 0 atom stereocenters. The Labute approximate surface area is 258 Å². The van der Waals surface area contributed by atoms with Crippen LogP contribution in [0.3, 0.4) is 0 Å². The maximum Gasteiger partial charge on any atom is 0.344 e. The van der Waals surface area contributed by atoms with Crippen molar-refractivity contribution in [1.82, 2.24) is 0 Å². The van der Waals surface area contributed by atoms with Crippen LogP contribution in [-0.4, -0.2) is 31.1 Å². The zero-order valence-corrected chi connectivity index (χ0v) is 26.4. The topological polar surface area (TPSA) is 109 Å². The SMILES string of the molecule is C=C(C)C(=O)OCCCCc1cc2cc(-c3ccc(OC(=O)C(C)(C)C)cc3)c(=O)oc2cc1CCCCOC(=O)C(=C)C. The third-order valence-corrected chi connectivity index (χ3v) is 6.89. The third kappa shape index (κ3) is 9.79. The molecule has 0 aliphatic carbocycles. The molecule has 0 unspecified atom stereocenters. The van der Waals surface area contributed by atoms with Crippen LogP contribution < -0.4 is 10.4 Å². The van der Waals surface area contributed by atoms with Crippen LogP contribution in [0.1, 0.15) is 71.4 Å². The van der Waals surface area contributed by atoms with Gasteiger partial charge in [-0.05, 0) is 120 Å². The van der Waals surface area contributed by atoms with Gasteiger partial charge >= 0.3 is 23.5 Å². The minimum atomic E-state index is -0.638. The molecule has 0 amide bonds. The quantitative estimate of drug-likeness (QED) is 0.0622. The average molecular weight is 603 g/mol. The molecule has 8 nitrogen and oxygen atoms in total. The highest BCUT2D eigenvalue weighted by atomic mass is 16.5. The number of carbonyl (C=O) groups is 3. The molecule has 0 N–H and O–H groups in total. The highest BCUT2D eigenvalue weighted by Crippen LogP contribution is 2.28. The Morgan fingerprint density at radius 3 is 1.80 bits per heavy atom. The molecule has 8 heteroatoms. The molecule has 0 radical (unpaired) electrons. The first-order valence-corrected chi connectivity index (χ1v) is 14.8. The Balaban J connectivity index is 1.81. The number of esters is 3. The number of hydrogen-bond donors (Lipinski definition) is 0. The fourth-order valence-corrected chi connectivity index (χ4v) is 4.30. The van der Waals surface area contributed by atoms with Gasteiger partial charge in [-0.2, -0.15) is 0 Å². The van der Waals surface area contributed by atoms with Crippen molar-refractivity contribution in [1.29, 1.82) is 0 Å². The average Bonchev–Trinajstić information content (AvgIpc) is 2.96. The van der Waals surface area contributed by atoms with E-state index >= 15 is 0 Å². The van der Waals surface area contributed by atoms with E-state index in [9.17, 15) is 19.2 Å². The molecular formula is C36H42O8. The summed E-state index contributed by atoms with van der Waals surface area (Å²) >= 11 is 0. The molecule has 1 heterocycles. The van der Waals surface area contributed by atoms with Gasteiger partial charge in [0.1, 0.15) is 11.3 Å². The Bertz CT molecular complexity index is 1590. The van der Waals surface area contributed by atoms with Crippen LogP contribution in [-0.2, 0) is 36.7 Å². The molecule has 0 bridgehead atoms. The fraction of sp³-hybridized carbons (Fsp3) is 0.389. The molecule has 0 aliphatic rings. The number of hydrogen-bond acceptors (Lipinski definition) is 8. The summed E-state index contributed by atoms with van der Waals surface area (Å²) < 4.78 is 21.7. The van der Waals surface area contributed by atoms with Gasteiger partial charge in [0.25, 0.3) is 0 Å². The van der Waals surface area contributed by atoms with Gasteiger partial charge in [-0.15, -0.1) is 0 Å². The van der Waals surface area contributed by atoms with E-state index in [1.807, 2.05) is 18.2 Å². The Morgan fingerprint density at radius 2 is 1.30 bits per heavy atom. The fourth-order valence-electron chi connectivity index (χ4n) is 4.30. The minimum absolute atomic E-state index is 0.301. The van der Waals surface area contributed by atoms with E-state index in [4.69, 9.17) is 18.6 Å². The summed E-state index contributed by atoms with van der Waals surface area (Å²) in [7, 11) is 0. The van der Waals surface area contributed by atoms with E-state index in [-0.39, 0.29) is 5.97 Å². The maximum absolute atomic E-state index is 13.0. The highest BCUT2D eigenvalue weighted by Gasteiger charge is 2.23. The van der Waals surface area contributed by atoms with E-state index in [0.29, 0.717) is 66.1 Å². The van der Waals surface area contributed by atoms with E-state index in [1.165, 1.54) is 0 Å². The van der Waals surface area contributed by atoms with Crippen LogP contribution in [0.4, 0.5) is 0 Å². The van der Waals surface area contributed by atoms with Gasteiger partial charge in [-0.3, -0.25) is 4.79 Å². The van der Waals surface area contributed by atoms with Gasteiger partial charge < -0.3 is 18.6 Å². The predicted molar refractivity (Wildman–Crippen MR) is 170 cm³/mol. The van der Waals surface area contributed by atoms with Crippen molar-refractivity contribution < 1.29 is 33.0 Å². The van der Waals surface area contributed by atoms with Crippen molar-refractivity contribution >= 4 is 28.9 Å². The van der Waals surface area contributed by atoms with Crippen molar-refractivity contribution in [2.45, 2.75) is 73.1 Å². The van der Waals surface area contributed by atoms with Crippen molar-refractivity contribution in [3.63, 3.8) is 0 Å². The van der Waals surface area contributed by atoms with Crippen LogP contribution in [0, 0.1) is 5.41 Å². The van der Waals surface area contributed by atoms with Crippen LogP contribution in [0.2, 0.25) is 0 Å². The van der Waals surface area contributed by atoms with Crippen molar-refractivity contribution in [3.05, 3.63) is 88.3 Å². The van der Waals surface area contributed by atoms with Gasteiger partial charge in [0.2, 0.25) is 0 Å². The second-order valence-electron chi connectivity index (χ2n) is 12.0. The molecule has 0 saturated carbocycles. The Kier molecular flexibility index (Phi) is 11.9. The summed E-state index contributed by atoms with van der Waals surface area (Å²) in [6.45, 7) is 16.4. The summed E-state index contributed by atoms with van der Waals surface area (Å²) in [6, 6.07) is 12.5. The van der Waals surface area contributed by atoms with Crippen molar-refractivity contribution in [2.75, 3.05) is 13.2 Å². The minimum Gasteiger partial charge on any atom is -0.462 e. The molecular weight excluding hydrogens is 560 g/mol. The van der Waals surface area contributed by atoms with Crippen molar-refractivity contribution in [3.8, 4) is 16.9 Å². The number of benzene rings is 2. The lowest BCUT2D eigenvalue weighted by Crippen LogP contribution is -2.25. The Hall–Kier alpha value is -4.46. The third-order valence-electron chi connectivity index (χ3n) is 6.89. The molecule has 234 valence electrons. The molecule has 3 aromatic rings. The first kappa shape index (κ1) is 34.0. The molecule has 2 aromatic carbocycles. The first-order valence-electron chi connectivity index (χ1n) is 14.8. The van der Waals surface area contributed by atoms with Crippen molar-refractivity contribution in [2.24, 2.45) is 5.41 Å². The van der Waals surface area contributed by atoms with E-state index in [2.05, 4.69) is 13.2 Å². The first-order chi connectivity index (χ1) is 20.8. The van der Waals surface area contributed by atoms with Crippen LogP contribution in [0.25, 0.3) is 22.1 Å². The monoisotopic (exact) mass is 602 g/mol. The second kappa shape index (κ2) is 15.3. The van der Waals surface area contributed by atoms with Crippen LogP contribution in [0.15, 0.2) is 76.0 Å². The maximum atomic E-state index is 13.0. The van der Waals surface area contributed by atoms with Gasteiger partial charge in [-0.1, -0.05) is 25.3 Å². The number of unbranched alkanes of at least 4 members (excludes halogenated alkanes) is 2. The van der Waals surface area contributed by atoms with Crippen LogP contribution in [0.5, 0.6) is 5.75 Å². The van der Waals surface area contributed by atoms with Gasteiger partial charge in [0.05, 0.1) is 24.2 Å². The number of ether oxygens (including phenoxy) is 3. The molecule has 0 fully saturated rings. The number of rotatable bonds is 14. The smallest absolute Gasteiger partial charge is 0.344 e. The van der Waals surface area contributed by atoms with Gasteiger partial charge in [0, 0.05) is 16.5 Å². The van der Waals surface area contributed by atoms with E-state index < -0.39 is 23.0 Å². The zero-order valence-electron chi connectivity index (χ0n) is 26.4. The van der Waals surface area contributed by atoms with Gasteiger partial charge in [-0.25, -0.2) is 14.4 Å². The normalized spacial score (nSPS) is 11.2. The lowest BCUT2D eigenvalue weighted by molar-refractivity contribution is -0.143. The summed E-state index contributed by atoms with van der Waals surface area (Å²) in [5.41, 5.74) is 3.30. The second-order valence-corrected chi connectivity index (χ2v) is 12.0.